The van der Waals surface area contributed by atoms with Crippen LogP contribution >= 0.6 is 0 Å². The first kappa shape index (κ1) is 19.2. The highest BCUT2D eigenvalue weighted by Crippen LogP contribution is 2.20. The molecule has 2 atom stereocenters. The summed E-state index contributed by atoms with van der Waals surface area (Å²) in [6, 6.07) is 18.0. The van der Waals surface area contributed by atoms with E-state index in [1.54, 1.807) is 0 Å². The first-order chi connectivity index (χ1) is 12.1. The van der Waals surface area contributed by atoms with Crippen molar-refractivity contribution in [2.75, 3.05) is 20.2 Å². The average molecular weight is 341 g/mol. The van der Waals surface area contributed by atoms with Gasteiger partial charge in [0.25, 0.3) is 0 Å². The highest BCUT2D eigenvalue weighted by molar-refractivity contribution is 5.70. The van der Waals surface area contributed by atoms with Crippen molar-refractivity contribution >= 4 is 5.97 Å². The fourth-order valence-electron chi connectivity index (χ4n) is 2.73. The van der Waals surface area contributed by atoms with Gasteiger partial charge in [-0.15, -0.1) is 0 Å². The third-order valence-electron chi connectivity index (χ3n) is 4.36. The summed E-state index contributed by atoms with van der Waals surface area (Å²) < 4.78 is 4.72. The number of carbonyl (C=O) groups excluding carboxylic acids is 1. The molecule has 2 aromatic rings. The lowest BCUT2D eigenvalue weighted by Crippen LogP contribution is -2.23. The first-order valence-electron chi connectivity index (χ1n) is 8.69. The van der Waals surface area contributed by atoms with E-state index in [1.807, 2.05) is 37.3 Å². The normalized spacial score (nSPS) is 13.2. The van der Waals surface area contributed by atoms with Gasteiger partial charge in [-0.25, -0.2) is 0 Å². The topological polar surface area (TPSA) is 58.6 Å². The van der Waals surface area contributed by atoms with Gasteiger partial charge in [-0.05, 0) is 35.6 Å². The molecule has 0 amide bonds. The number of ether oxygens (including phenoxy) is 1. The van der Waals surface area contributed by atoms with Crippen LogP contribution in [0.3, 0.4) is 0 Å². The fourth-order valence-corrected chi connectivity index (χ4v) is 2.73. The van der Waals surface area contributed by atoms with Gasteiger partial charge in [-0.1, -0.05) is 61.5 Å². The van der Waals surface area contributed by atoms with Gasteiger partial charge >= 0.3 is 5.97 Å². The number of carbonyl (C=O) groups is 1. The van der Waals surface area contributed by atoms with E-state index in [1.165, 1.54) is 12.7 Å². The predicted molar refractivity (Wildman–Crippen MR) is 99.5 cm³/mol. The lowest BCUT2D eigenvalue weighted by atomic mass is 9.96. The number of aliphatic hydroxyl groups excluding tert-OH is 1. The van der Waals surface area contributed by atoms with E-state index in [0.717, 1.165) is 24.1 Å². The maximum Gasteiger partial charge on any atom is 0.306 e. The predicted octanol–water partition coefficient (Wildman–Crippen LogP) is 3.22. The number of rotatable bonds is 9. The molecule has 0 spiro atoms. The summed E-state index contributed by atoms with van der Waals surface area (Å²) in [7, 11) is 1.42. The Labute approximate surface area is 149 Å². The molecule has 0 radical (unpaired) electrons. The summed E-state index contributed by atoms with van der Waals surface area (Å²) in [6.45, 7) is 3.37. The van der Waals surface area contributed by atoms with Gasteiger partial charge in [0.2, 0.25) is 0 Å². The number of nitrogens with one attached hydrogen (secondary N) is 1. The van der Waals surface area contributed by atoms with Crippen LogP contribution in [0.25, 0.3) is 0 Å². The Balaban J connectivity index is 1.73. The minimum absolute atomic E-state index is 0.153. The third-order valence-corrected chi connectivity index (χ3v) is 4.36. The second-order valence-corrected chi connectivity index (χ2v) is 6.30. The van der Waals surface area contributed by atoms with Crippen molar-refractivity contribution in [2.45, 2.75) is 31.8 Å². The molecule has 134 valence electrons. The van der Waals surface area contributed by atoms with Gasteiger partial charge in [0.05, 0.1) is 19.6 Å². The average Bonchev–Trinajstić information content (AvgIpc) is 2.66. The molecule has 0 saturated heterocycles. The van der Waals surface area contributed by atoms with E-state index in [2.05, 4.69) is 29.6 Å². The monoisotopic (exact) mass is 341 g/mol. The number of methoxy groups -OCH3 is 1. The molecule has 0 heterocycles. The Kier molecular flexibility index (Phi) is 7.64. The van der Waals surface area contributed by atoms with Crippen LogP contribution in [0.2, 0.25) is 0 Å². The van der Waals surface area contributed by atoms with E-state index in [0.29, 0.717) is 13.0 Å². The number of benzene rings is 2. The van der Waals surface area contributed by atoms with Crippen molar-refractivity contribution < 1.29 is 14.6 Å². The van der Waals surface area contributed by atoms with Crippen LogP contribution in [0.4, 0.5) is 0 Å². The molecule has 0 aliphatic carbocycles. The van der Waals surface area contributed by atoms with Gasteiger partial charge in [-0.2, -0.15) is 0 Å². The van der Waals surface area contributed by atoms with E-state index in [9.17, 15) is 9.90 Å². The molecule has 25 heavy (non-hydrogen) atoms. The second-order valence-electron chi connectivity index (χ2n) is 6.30. The van der Waals surface area contributed by atoms with Gasteiger partial charge in [0, 0.05) is 6.54 Å². The van der Waals surface area contributed by atoms with Gasteiger partial charge < -0.3 is 15.2 Å². The van der Waals surface area contributed by atoms with E-state index >= 15 is 0 Å². The maximum absolute atomic E-state index is 11.3. The first-order valence-corrected chi connectivity index (χ1v) is 8.69. The summed E-state index contributed by atoms with van der Waals surface area (Å²) in [4.78, 5) is 11.3. The van der Waals surface area contributed by atoms with Crippen molar-refractivity contribution in [1.82, 2.24) is 5.32 Å². The molecule has 0 saturated carbocycles. The van der Waals surface area contributed by atoms with Crippen LogP contribution in [-0.4, -0.2) is 31.3 Å². The van der Waals surface area contributed by atoms with Crippen molar-refractivity contribution in [2.24, 2.45) is 0 Å². The Bertz CT molecular complexity index is 640. The molecule has 4 nitrogen and oxygen atoms in total. The number of esters is 1. The molecular weight excluding hydrogens is 314 g/mol. The zero-order chi connectivity index (χ0) is 18.1. The van der Waals surface area contributed by atoms with Gasteiger partial charge in [0.1, 0.15) is 0 Å². The molecular formula is C21H27NO3. The largest absolute Gasteiger partial charge is 0.469 e. The van der Waals surface area contributed by atoms with Crippen molar-refractivity contribution in [3.05, 3.63) is 71.3 Å². The van der Waals surface area contributed by atoms with E-state index in [4.69, 9.17) is 4.74 Å². The molecule has 2 aromatic carbocycles. The molecule has 0 aliphatic rings. The zero-order valence-corrected chi connectivity index (χ0v) is 14.9. The summed E-state index contributed by atoms with van der Waals surface area (Å²) in [5.41, 5.74) is 3.30. The maximum atomic E-state index is 11.3. The number of hydrogen-bond acceptors (Lipinski definition) is 4. The molecule has 0 aliphatic heterocycles. The summed E-state index contributed by atoms with van der Waals surface area (Å²) >= 11 is 0. The van der Waals surface area contributed by atoms with Gasteiger partial charge in [-0.3, -0.25) is 4.79 Å². The summed E-state index contributed by atoms with van der Waals surface area (Å²) in [6.07, 6.45) is 0.810. The van der Waals surface area contributed by atoms with Crippen LogP contribution in [0.5, 0.6) is 0 Å². The van der Waals surface area contributed by atoms with Crippen molar-refractivity contribution in [3.63, 3.8) is 0 Å². The Morgan fingerprint density at radius 1 is 1.08 bits per heavy atom. The van der Waals surface area contributed by atoms with Crippen LogP contribution in [0, 0.1) is 0 Å². The number of hydrogen-bond donors (Lipinski definition) is 2. The lowest BCUT2D eigenvalue weighted by Gasteiger charge is -2.13. The lowest BCUT2D eigenvalue weighted by molar-refractivity contribution is -0.140. The van der Waals surface area contributed by atoms with E-state index in [-0.39, 0.29) is 11.9 Å². The van der Waals surface area contributed by atoms with E-state index < -0.39 is 6.10 Å². The van der Waals surface area contributed by atoms with Crippen molar-refractivity contribution in [3.8, 4) is 0 Å². The Hall–Kier alpha value is -2.17. The highest BCUT2D eigenvalue weighted by Gasteiger charge is 2.11. The molecule has 2 rings (SSSR count). The highest BCUT2D eigenvalue weighted by atomic mass is 16.5. The minimum Gasteiger partial charge on any atom is -0.469 e. The SMILES string of the molecule is COC(=O)CC(C)c1ccc(CCNCC(O)c2ccccc2)cc1. The number of aliphatic hydroxyl groups is 1. The van der Waals surface area contributed by atoms with Crippen molar-refractivity contribution in [1.29, 1.82) is 0 Å². The molecule has 0 bridgehead atoms. The molecule has 2 N–H and O–H groups in total. The fraction of sp³-hybridized carbons (Fsp3) is 0.381. The Morgan fingerprint density at radius 2 is 1.76 bits per heavy atom. The summed E-state index contributed by atoms with van der Waals surface area (Å²) in [5.74, 6) is -0.0293. The third kappa shape index (κ3) is 6.33. The Morgan fingerprint density at radius 3 is 2.40 bits per heavy atom. The van der Waals surface area contributed by atoms with Gasteiger partial charge in [0.15, 0.2) is 0 Å². The molecule has 0 aromatic heterocycles. The second kappa shape index (κ2) is 9.97. The minimum atomic E-state index is -0.484. The zero-order valence-electron chi connectivity index (χ0n) is 14.9. The van der Waals surface area contributed by atoms with Crippen LogP contribution < -0.4 is 5.32 Å². The van der Waals surface area contributed by atoms with Crippen LogP contribution in [0.1, 0.15) is 42.1 Å². The molecule has 0 fully saturated rings. The molecule has 4 heteroatoms. The van der Waals surface area contributed by atoms with Crippen LogP contribution in [-0.2, 0) is 16.0 Å². The molecule has 2 unspecified atom stereocenters. The standard InChI is InChI=1S/C21H27NO3/c1-16(14-21(24)25-2)18-10-8-17(9-11-18)12-13-22-15-20(23)19-6-4-3-5-7-19/h3-11,16,20,22-23H,12-15H2,1-2H3. The van der Waals surface area contributed by atoms with Crippen LogP contribution in [0.15, 0.2) is 54.6 Å². The smallest absolute Gasteiger partial charge is 0.306 e. The summed E-state index contributed by atoms with van der Waals surface area (Å²) in [5, 5.41) is 13.4. The quantitative estimate of drug-likeness (QED) is 0.543.